The first-order valence-electron chi connectivity index (χ1n) is 3.67. The van der Waals surface area contributed by atoms with Crippen LogP contribution >= 0.6 is 22.6 Å². The lowest BCUT2D eigenvalue weighted by Gasteiger charge is -1.97. The van der Waals surface area contributed by atoms with E-state index in [1.165, 1.54) is 0 Å². The van der Waals surface area contributed by atoms with Crippen LogP contribution in [-0.2, 0) is 4.43 Å². The van der Waals surface area contributed by atoms with E-state index in [4.69, 9.17) is 0 Å². The van der Waals surface area contributed by atoms with Crippen molar-refractivity contribution in [3.8, 4) is 0 Å². The second kappa shape index (κ2) is 3.35. The fourth-order valence-corrected chi connectivity index (χ4v) is 1.49. The molecule has 0 saturated carbocycles. The van der Waals surface area contributed by atoms with Gasteiger partial charge in [-0.3, -0.25) is 0 Å². The van der Waals surface area contributed by atoms with Crippen molar-refractivity contribution in [3.63, 3.8) is 0 Å². The molecule has 2 aromatic heterocycles. The van der Waals surface area contributed by atoms with Gasteiger partial charge in [-0.25, -0.2) is 9.97 Å². The number of hydrogen-bond acceptors (Lipinski definition) is 2. The highest BCUT2D eigenvalue weighted by Gasteiger charge is 1.95. The molecule has 0 N–H and O–H groups in total. The predicted octanol–water partition coefficient (Wildman–Crippen LogP) is 2.56. The number of aromatic nitrogens is 2. The molecule has 0 aliphatic carbocycles. The van der Waals surface area contributed by atoms with Gasteiger partial charge in [-0.05, 0) is 24.3 Å². The third kappa shape index (κ3) is 1.41. The van der Waals surface area contributed by atoms with Crippen LogP contribution in [0.2, 0.25) is 0 Å². The van der Waals surface area contributed by atoms with Gasteiger partial charge in [0.05, 0.1) is 5.69 Å². The van der Waals surface area contributed by atoms with Gasteiger partial charge in [0, 0.05) is 16.0 Å². The Morgan fingerprint density at radius 3 is 3.00 bits per heavy atom. The summed E-state index contributed by atoms with van der Waals surface area (Å²) in [5.41, 5.74) is 1.92. The van der Waals surface area contributed by atoms with Gasteiger partial charge in [-0.1, -0.05) is 22.6 Å². The van der Waals surface area contributed by atoms with Gasteiger partial charge in [0.25, 0.3) is 0 Å². The summed E-state index contributed by atoms with van der Waals surface area (Å²) >= 11 is 2.30. The molecule has 0 atom stereocenters. The van der Waals surface area contributed by atoms with Crippen LogP contribution in [0.15, 0.2) is 30.5 Å². The normalized spacial score (nSPS) is 10.4. The molecule has 0 amide bonds. The van der Waals surface area contributed by atoms with Gasteiger partial charge < -0.3 is 0 Å². The fraction of sp³-hybridized carbons (Fsp3) is 0.111. The predicted molar refractivity (Wildman–Crippen MR) is 57.3 cm³/mol. The van der Waals surface area contributed by atoms with Crippen LogP contribution in [0.1, 0.15) is 5.69 Å². The fourth-order valence-electron chi connectivity index (χ4n) is 1.07. The van der Waals surface area contributed by atoms with E-state index < -0.39 is 0 Å². The minimum absolute atomic E-state index is 0.840. The Labute approximate surface area is 84.2 Å². The van der Waals surface area contributed by atoms with Crippen molar-refractivity contribution in [2.24, 2.45) is 0 Å². The highest BCUT2D eigenvalue weighted by atomic mass is 127. The summed E-state index contributed by atoms with van der Waals surface area (Å²) < 4.78 is 0.935. The smallest absolute Gasteiger partial charge is 0.159 e. The van der Waals surface area contributed by atoms with Crippen molar-refractivity contribution in [2.75, 3.05) is 0 Å². The van der Waals surface area contributed by atoms with Crippen LogP contribution in [-0.4, -0.2) is 9.97 Å². The zero-order chi connectivity index (χ0) is 8.39. The number of nitrogens with zero attached hydrogens (tertiary/aromatic N) is 2. The zero-order valence-corrected chi connectivity index (χ0v) is 8.52. The van der Waals surface area contributed by atoms with E-state index in [1.54, 1.807) is 6.20 Å². The molecule has 0 saturated heterocycles. The summed E-state index contributed by atoms with van der Waals surface area (Å²) in [6.45, 7) is 0. The number of fused-ring (bicyclic) bond motifs is 1. The molecule has 0 aromatic carbocycles. The number of hydrogen-bond donors (Lipinski definition) is 0. The van der Waals surface area contributed by atoms with E-state index in [9.17, 15) is 0 Å². The van der Waals surface area contributed by atoms with E-state index in [2.05, 4.69) is 38.6 Å². The monoisotopic (exact) mass is 270 g/mol. The maximum Gasteiger partial charge on any atom is 0.159 e. The van der Waals surface area contributed by atoms with Gasteiger partial charge in [-0.15, -0.1) is 0 Å². The number of halogens is 1. The van der Waals surface area contributed by atoms with Gasteiger partial charge in [0.1, 0.15) is 0 Å². The van der Waals surface area contributed by atoms with Crippen LogP contribution in [0.5, 0.6) is 0 Å². The van der Waals surface area contributed by atoms with E-state index >= 15 is 0 Å². The van der Waals surface area contributed by atoms with Gasteiger partial charge in [0.15, 0.2) is 5.65 Å². The van der Waals surface area contributed by atoms with Crippen LogP contribution in [0.25, 0.3) is 11.0 Å². The van der Waals surface area contributed by atoms with E-state index in [0.717, 1.165) is 21.2 Å². The van der Waals surface area contributed by atoms with Crippen LogP contribution in [0.3, 0.4) is 0 Å². The molecule has 0 spiro atoms. The second-order valence-electron chi connectivity index (χ2n) is 2.49. The zero-order valence-electron chi connectivity index (χ0n) is 6.37. The molecule has 0 aliphatic rings. The van der Waals surface area contributed by atoms with Crippen LogP contribution in [0, 0.1) is 0 Å². The van der Waals surface area contributed by atoms with Gasteiger partial charge in [0.2, 0.25) is 0 Å². The quantitative estimate of drug-likeness (QED) is 0.588. The molecule has 2 aromatic rings. The minimum Gasteiger partial charge on any atom is -0.237 e. The highest BCUT2D eigenvalue weighted by molar-refractivity contribution is 14.1. The Morgan fingerprint density at radius 1 is 1.25 bits per heavy atom. The molecule has 2 rings (SSSR count). The molecule has 3 heteroatoms. The van der Waals surface area contributed by atoms with Gasteiger partial charge >= 0.3 is 0 Å². The first-order chi connectivity index (χ1) is 5.90. The average molecular weight is 270 g/mol. The lowest BCUT2D eigenvalue weighted by atomic mass is 10.3. The van der Waals surface area contributed by atoms with Crippen LogP contribution < -0.4 is 0 Å². The molecule has 0 aliphatic heterocycles. The molecule has 2 heterocycles. The molecule has 0 bridgehead atoms. The Hall–Kier alpha value is -0.710. The van der Waals surface area contributed by atoms with E-state index in [-0.39, 0.29) is 0 Å². The summed E-state index contributed by atoms with van der Waals surface area (Å²) in [7, 11) is 0. The number of rotatable bonds is 1. The van der Waals surface area contributed by atoms with Gasteiger partial charge in [-0.2, -0.15) is 0 Å². The first kappa shape index (κ1) is 7.91. The SMILES string of the molecule is ICc1ccc2cccnc2n1. The maximum absolute atomic E-state index is 4.38. The van der Waals surface area contributed by atoms with Crippen LogP contribution in [0.4, 0.5) is 0 Å². The summed E-state index contributed by atoms with van der Waals surface area (Å²) in [4.78, 5) is 8.55. The van der Waals surface area contributed by atoms with Crippen molar-refractivity contribution in [3.05, 3.63) is 36.2 Å². The maximum atomic E-state index is 4.38. The largest absolute Gasteiger partial charge is 0.237 e. The molecule has 0 unspecified atom stereocenters. The molecule has 0 radical (unpaired) electrons. The molecule has 12 heavy (non-hydrogen) atoms. The highest BCUT2D eigenvalue weighted by Crippen LogP contribution is 2.10. The second-order valence-corrected chi connectivity index (χ2v) is 3.25. The third-order valence-corrected chi connectivity index (χ3v) is 2.44. The summed E-state index contributed by atoms with van der Waals surface area (Å²) in [6.07, 6.45) is 1.77. The Balaban J connectivity index is 2.67. The number of pyridine rings is 2. The minimum atomic E-state index is 0.840. The van der Waals surface area contributed by atoms with Crippen molar-refractivity contribution in [1.29, 1.82) is 0 Å². The summed E-state index contributed by atoms with van der Waals surface area (Å²) in [5.74, 6) is 0. The summed E-state index contributed by atoms with van der Waals surface area (Å²) in [6, 6.07) is 8.04. The Kier molecular flexibility index (Phi) is 2.21. The Bertz CT molecular complexity index is 400. The van der Waals surface area contributed by atoms with Crippen molar-refractivity contribution in [1.82, 2.24) is 9.97 Å². The molecule has 0 fully saturated rings. The van der Waals surface area contributed by atoms with E-state index in [1.807, 2.05) is 18.2 Å². The first-order valence-corrected chi connectivity index (χ1v) is 5.19. The topological polar surface area (TPSA) is 25.8 Å². The molecular weight excluding hydrogens is 263 g/mol. The standard InChI is InChI=1S/C9H7IN2/c10-6-8-4-3-7-2-1-5-11-9(7)12-8/h1-5H,6H2. The average Bonchev–Trinajstić information content (AvgIpc) is 2.17. The molecule has 2 nitrogen and oxygen atoms in total. The van der Waals surface area contributed by atoms with Crippen molar-refractivity contribution in [2.45, 2.75) is 4.43 Å². The lowest BCUT2D eigenvalue weighted by molar-refractivity contribution is 1.20. The van der Waals surface area contributed by atoms with E-state index in [0.29, 0.717) is 0 Å². The molecule has 60 valence electrons. The summed E-state index contributed by atoms with van der Waals surface area (Å²) in [5, 5.41) is 1.10. The van der Waals surface area contributed by atoms with Crippen molar-refractivity contribution >= 4 is 33.6 Å². The third-order valence-electron chi connectivity index (χ3n) is 1.66. The Morgan fingerprint density at radius 2 is 2.17 bits per heavy atom. The lowest BCUT2D eigenvalue weighted by Crippen LogP contribution is -1.87. The molecular formula is C9H7IN2. The number of alkyl halides is 1. The van der Waals surface area contributed by atoms with Crippen molar-refractivity contribution < 1.29 is 0 Å².